The molecule has 0 bridgehead atoms. The Hall–Kier alpha value is -1.85. The summed E-state index contributed by atoms with van der Waals surface area (Å²) in [5.74, 6) is -2.16. The largest absolute Gasteiger partial charge is 0.478 e. The van der Waals surface area contributed by atoms with E-state index in [1.807, 2.05) is 0 Å². The first-order chi connectivity index (χ1) is 6.93. The van der Waals surface area contributed by atoms with Crippen molar-refractivity contribution in [1.29, 1.82) is 0 Å². The average Bonchev–Trinajstić information content (AvgIpc) is 2.14. The number of carbonyl (C=O) groups is 3. The maximum atomic E-state index is 11.0. The SMILES string of the molecule is CN(C)C(=O)CCOC(=O)/C=C/C(=O)O. The molecule has 1 N–H and O–H groups in total. The van der Waals surface area contributed by atoms with E-state index in [1.165, 1.54) is 4.90 Å². The molecule has 0 spiro atoms. The van der Waals surface area contributed by atoms with Gasteiger partial charge in [-0.05, 0) is 0 Å². The van der Waals surface area contributed by atoms with Crippen molar-refractivity contribution in [1.82, 2.24) is 4.90 Å². The van der Waals surface area contributed by atoms with Crippen LogP contribution in [0.25, 0.3) is 0 Å². The van der Waals surface area contributed by atoms with Gasteiger partial charge in [0.15, 0.2) is 0 Å². The lowest BCUT2D eigenvalue weighted by atomic mass is 10.4. The summed E-state index contributed by atoms with van der Waals surface area (Å²) in [7, 11) is 3.18. The second-order valence-corrected chi connectivity index (χ2v) is 2.88. The molecule has 0 aliphatic carbocycles. The van der Waals surface area contributed by atoms with Gasteiger partial charge < -0.3 is 14.7 Å². The van der Waals surface area contributed by atoms with E-state index >= 15 is 0 Å². The molecule has 0 unspecified atom stereocenters. The molecule has 0 rings (SSSR count). The van der Waals surface area contributed by atoms with E-state index in [9.17, 15) is 14.4 Å². The van der Waals surface area contributed by atoms with E-state index in [0.717, 1.165) is 6.08 Å². The van der Waals surface area contributed by atoms with Crippen LogP contribution in [0.15, 0.2) is 12.2 Å². The van der Waals surface area contributed by atoms with Crippen LogP contribution in [0.2, 0.25) is 0 Å². The third-order valence-corrected chi connectivity index (χ3v) is 1.42. The molecule has 15 heavy (non-hydrogen) atoms. The van der Waals surface area contributed by atoms with Crippen LogP contribution in [0.1, 0.15) is 6.42 Å². The fraction of sp³-hybridized carbons (Fsp3) is 0.444. The molecule has 0 heterocycles. The Kier molecular flexibility index (Phi) is 5.77. The summed E-state index contributed by atoms with van der Waals surface area (Å²) in [5.41, 5.74) is 0. The summed E-state index contributed by atoms with van der Waals surface area (Å²) < 4.78 is 4.58. The quantitative estimate of drug-likeness (QED) is 0.500. The molecule has 0 saturated heterocycles. The Labute approximate surface area is 87.1 Å². The number of aliphatic carboxylic acids is 1. The molecular formula is C9H13NO5. The number of rotatable bonds is 5. The number of nitrogens with zero attached hydrogens (tertiary/aromatic N) is 1. The summed E-state index contributed by atoms with van der Waals surface area (Å²) in [4.78, 5) is 33.2. The summed E-state index contributed by atoms with van der Waals surface area (Å²) in [6.45, 7) is -0.0557. The molecule has 0 aromatic rings. The van der Waals surface area contributed by atoms with Crippen molar-refractivity contribution >= 4 is 17.8 Å². The van der Waals surface area contributed by atoms with Gasteiger partial charge in [-0.2, -0.15) is 0 Å². The van der Waals surface area contributed by atoms with Crippen LogP contribution in [0.4, 0.5) is 0 Å². The summed E-state index contributed by atoms with van der Waals surface area (Å²) in [5, 5.41) is 8.19. The zero-order valence-corrected chi connectivity index (χ0v) is 8.60. The standard InChI is InChI=1S/C9H13NO5/c1-10(2)7(11)5-6-15-9(14)4-3-8(12)13/h3-4H,5-6H2,1-2H3,(H,12,13)/b4-3+. The first-order valence-corrected chi connectivity index (χ1v) is 4.21. The average molecular weight is 215 g/mol. The first kappa shape index (κ1) is 13.2. The van der Waals surface area contributed by atoms with E-state index in [4.69, 9.17) is 5.11 Å². The minimum Gasteiger partial charge on any atom is -0.478 e. The lowest BCUT2D eigenvalue weighted by molar-refractivity contribution is -0.140. The first-order valence-electron chi connectivity index (χ1n) is 4.21. The molecule has 0 saturated carbocycles. The van der Waals surface area contributed by atoms with E-state index in [-0.39, 0.29) is 18.9 Å². The molecule has 0 fully saturated rings. The highest BCUT2D eigenvalue weighted by Gasteiger charge is 2.05. The molecule has 84 valence electrons. The maximum Gasteiger partial charge on any atom is 0.331 e. The Morgan fingerprint density at radius 3 is 2.33 bits per heavy atom. The lowest BCUT2D eigenvalue weighted by Gasteiger charge is -2.09. The van der Waals surface area contributed by atoms with Gasteiger partial charge in [-0.15, -0.1) is 0 Å². The number of carbonyl (C=O) groups excluding carboxylic acids is 2. The van der Waals surface area contributed by atoms with Gasteiger partial charge in [0.25, 0.3) is 0 Å². The van der Waals surface area contributed by atoms with E-state index in [2.05, 4.69) is 4.74 Å². The van der Waals surface area contributed by atoms with Gasteiger partial charge in [-0.1, -0.05) is 0 Å². The van der Waals surface area contributed by atoms with E-state index < -0.39 is 11.9 Å². The molecular weight excluding hydrogens is 202 g/mol. The molecule has 0 aliphatic heterocycles. The second kappa shape index (κ2) is 6.58. The molecule has 1 amide bonds. The number of hydrogen-bond acceptors (Lipinski definition) is 4. The van der Waals surface area contributed by atoms with Crippen molar-refractivity contribution in [3.05, 3.63) is 12.2 Å². The van der Waals surface area contributed by atoms with Crippen LogP contribution in [-0.4, -0.2) is 48.6 Å². The van der Waals surface area contributed by atoms with Gasteiger partial charge in [-0.25, -0.2) is 9.59 Å². The van der Waals surface area contributed by atoms with E-state index in [1.54, 1.807) is 14.1 Å². The van der Waals surface area contributed by atoms with Crippen LogP contribution < -0.4 is 0 Å². The number of carboxylic acid groups (broad SMARTS) is 1. The van der Waals surface area contributed by atoms with Crippen molar-refractivity contribution in [3.8, 4) is 0 Å². The number of ether oxygens (including phenoxy) is 1. The minimum absolute atomic E-state index is 0.0557. The number of carboxylic acids is 1. The highest BCUT2D eigenvalue weighted by Crippen LogP contribution is 1.90. The van der Waals surface area contributed by atoms with Gasteiger partial charge >= 0.3 is 11.9 Å². The maximum absolute atomic E-state index is 11.0. The smallest absolute Gasteiger partial charge is 0.331 e. The summed E-state index contributed by atoms with van der Waals surface area (Å²) in [6.07, 6.45) is 1.55. The molecule has 6 heteroatoms. The van der Waals surface area contributed by atoms with Gasteiger partial charge in [0, 0.05) is 26.2 Å². The Morgan fingerprint density at radius 2 is 1.87 bits per heavy atom. The molecule has 0 radical (unpaired) electrons. The van der Waals surface area contributed by atoms with Crippen LogP contribution in [0.5, 0.6) is 0 Å². The highest BCUT2D eigenvalue weighted by molar-refractivity contribution is 5.90. The van der Waals surface area contributed by atoms with E-state index in [0.29, 0.717) is 6.08 Å². The van der Waals surface area contributed by atoms with Gasteiger partial charge in [0.2, 0.25) is 5.91 Å². The van der Waals surface area contributed by atoms with Crippen molar-refractivity contribution < 1.29 is 24.2 Å². The predicted octanol–water partition coefficient (Wildman–Crippen LogP) is -0.351. The summed E-state index contributed by atoms with van der Waals surface area (Å²) in [6, 6.07) is 0. The van der Waals surface area contributed by atoms with Crippen LogP contribution >= 0.6 is 0 Å². The molecule has 0 aliphatic rings. The third-order valence-electron chi connectivity index (χ3n) is 1.42. The zero-order valence-electron chi connectivity index (χ0n) is 8.60. The fourth-order valence-electron chi connectivity index (χ4n) is 0.650. The third kappa shape index (κ3) is 7.24. The molecule has 0 atom stereocenters. The Bertz CT molecular complexity index is 282. The molecule has 6 nitrogen and oxygen atoms in total. The normalized spacial score (nSPS) is 10.0. The second-order valence-electron chi connectivity index (χ2n) is 2.88. The van der Waals surface area contributed by atoms with Crippen molar-refractivity contribution in [3.63, 3.8) is 0 Å². The Balaban J connectivity index is 3.73. The van der Waals surface area contributed by atoms with Gasteiger partial charge in [0.1, 0.15) is 6.61 Å². The lowest BCUT2D eigenvalue weighted by Crippen LogP contribution is -2.23. The topological polar surface area (TPSA) is 83.9 Å². The van der Waals surface area contributed by atoms with Crippen LogP contribution in [0.3, 0.4) is 0 Å². The Morgan fingerprint density at radius 1 is 1.27 bits per heavy atom. The zero-order chi connectivity index (χ0) is 11.8. The summed E-state index contributed by atoms with van der Waals surface area (Å²) >= 11 is 0. The van der Waals surface area contributed by atoms with Gasteiger partial charge in [-0.3, -0.25) is 4.79 Å². The van der Waals surface area contributed by atoms with Gasteiger partial charge in [0.05, 0.1) is 6.42 Å². The van der Waals surface area contributed by atoms with Crippen molar-refractivity contribution in [2.75, 3.05) is 20.7 Å². The minimum atomic E-state index is -1.23. The van der Waals surface area contributed by atoms with Crippen LogP contribution in [-0.2, 0) is 19.1 Å². The molecule has 0 aromatic carbocycles. The van der Waals surface area contributed by atoms with Crippen LogP contribution in [0, 0.1) is 0 Å². The number of hydrogen-bond donors (Lipinski definition) is 1. The fourth-order valence-corrected chi connectivity index (χ4v) is 0.650. The highest BCUT2D eigenvalue weighted by atomic mass is 16.5. The van der Waals surface area contributed by atoms with Crippen molar-refractivity contribution in [2.45, 2.75) is 6.42 Å². The number of amides is 1. The predicted molar refractivity (Wildman–Crippen MR) is 51.0 cm³/mol. The van der Waals surface area contributed by atoms with Crippen molar-refractivity contribution in [2.24, 2.45) is 0 Å². The number of esters is 1. The molecule has 0 aromatic heterocycles. The monoisotopic (exact) mass is 215 g/mol.